The molecule has 0 amide bonds. The van der Waals surface area contributed by atoms with Crippen LogP contribution in [-0.4, -0.2) is 42.4 Å². The zero-order valence-corrected chi connectivity index (χ0v) is 15.4. The predicted octanol–water partition coefficient (Wildman–Crippen LogP) is 3.69. The molecule has 3 aromatic rings. The molecule has 0 saturated carbocycles. The van der Waals surface area contributed by atoms with Gasteiger partial charge in [0.05, 0.1) is 32.4 Å². The van der Waals surface area contributed by atoms with Gasteiger partial charge in [-0.05, 0) is 36.8 Å². The molecule has 0 bridgehead atoms. The molecule has 7 heteroatoms. The lowest BCUT2D eigenvalue weighted by Gasteiger charge is -2.23. The molecule has 0 unspecified atom stereocenters. The summed E-state index contributed by atoms with van der Waals surface area (Å²) in [5, 5.41) is 4.20. The van der Waals surface area contributed by atoms with Crippen molar-refractivity contribution in [1.29, 1.82) is 0 Å². The smallest absolute Gasteiger partial charge is 0.223 e. The Bertz CT molecular complexity index is 874. The molecule has 4 heterocycles. The molecule has 3 aromatic heterocycles. The highest BCUT2D eigenvalue weighted by Crippen LogP contribution is 2.36. The third-order valence-corrected chi connectivity index (χ3v) is 5.66. The van der Waals surface area contributed by atoms with Crippen molar-refractivity contribution in [3.8, 4) is 16.5 Å². The second kappa shape index (κ2) is 7.25. The predicted molar refractivity (Wildman–Crippen MR) is 101 cm³/mol. The molecule has 0 aromatic carbocycles. The van der Waals surface area contributed by atoms with E-state index >= 15 is 0 Å². The number of thiophene rings is 1. The molecule has 1 fully saturated rings. The minimum atomic E-state index is 0.0318. The fourth-order valence-corrected chi connectivity index (χ4v) is 3.93. The van der Waals surface area contributed by atoms with Crippen LogP contribution in [0.25, 0.3) is 21.5 Å². The Labute approximate surface area is 155 Å². The molecule has 0 aliphatic carbocycles. The van der Waals surface area contributed by atoms with Crippen LogP contribution in [-0.2, 0) is 4.74 Å². The first kappa shape index (κ1) is 16.7. The van der Waals surface area contributed by atoms with Crippen LogP contribution < -0.4 is 10.1 Å². The van der Waals surface area contributed by atoms with Gasteiger partial charge in [-0.15, -0.1) is 11.3 Å². The number of nitrogens with one attached hydrogen (secondary N) is 1. The molecule has 0 spiro atoms. The van der Waals surface area contributed by atoms with Gasteiger partial charge in [-0.1, -0.05) is 11.6 Å². The number of hydrogen-bond donors (Lipinski definition) is 1. The maximum atomic E-state index is 6.22. The van der Waals surface area contributed by atoms with Crippen LogP contribution in [0.5, 0.6) is 5.88 Å². The lowest BCUT2D eigenvalue weighted by molar-refractivity contribution is -0.000365. The second-order valence-corrected chi connectivity index (χ2v) is 7.61. The van der Waals surface area contributed by atoms with Crippen molar-refractivity contribution in [2.75, 3.05) is 26.3 Å². The van der Waals surface area contributed by atoms with Gasteiger partial charge in [-0.2, -0.15) is 0 Å². The van der Waals surface area contributed by atoms with E-state index < -0.39 is 0 Å². The van der Waals surface area contributed by atoms with Gasteiger partial charge in [-0.25, -0.2) is 4.98 Å². The Hall–Kier alpha value is -1.73. The Morgan fingerprint density at radius 2 is 2.36 bits per heavy atom. The van der Waals surface area contributed by atoms with Crippen molar-refractivity contribution in [1.82, 2.24) is 15.3 Å². The van der Waals surface area contributed by atoms with Gasteiger partial charge in [0.2, 0.25) is 5.88 Å². The van der Waals surface area contributed by atoms with Gasteiger partial charge in [0.1, 0.15) is 12.7 Å². The van der Waals surface area contributed by atoms with Crippen LogP contribution in [0.3, 0.4) is 0 Å². The third-order valence-electron chi connectivity index (χ3n) is 4.08. The van der Waals surface area contributed by atoms with Crippen LogP contribution in [0, 0.1) is 6.92 Å². The summed E-state index contributed by atoms with van der Waals surface area (Å²) in [7, 11) is 0. The monoisotopic (exact) mass is 375 g/mol. The highest BCUT2D eigenvalue weighted by molar-refractivity contribution is 7.19. The van der Waals surface area contributed by atoms with E-state index in [9.17, 15) is 0 Å². The van der Waals surface area contributed by atoms with E-state index in [1.54, 1.807) is 6.20 Å². The SMILES string of the molecule is Cc1cc(-c2cc3ncccc3c(OC[C@@H]3CNCCO3)n2)sc1Cl. The molecule has 1 saturated heterocycles. The summed E-state index contributed by atoms with van der Waals surface area (Å²) >= 11 is 7.74. The Kier molecular flexibility index (Phi) is 4.85. The number of morpholine rings is 1. The summed E-state index contributed by atoms with van der Waals surface area (Å²) in [6.45, 7) is 4.83. The van der Waals surface area contributed by atoms with Crippen molar-refractivity contribution in [2.24, 2.45) is 0 Å². The van der Waals surface area contributed by atoms with Crippen LogP contribution in [0.4, 0.5) is 0 Å². The number of aryl methyl sites for hydroxylation is 1. The second-order valence-electron chi connectivity index (χ2n) is 5.96. The van der Waals surface area contributed by atoms with Crippen molar-refractivity contribution in [3.63, 3.8) is 0 Å². The summed E-state index contributed by atoms with van der Waals surface area (Å²) in [5.74, 6) is 0.581. The fourth-order valence-electron chi connectivity index (χ4n) is 2.77. The molecule has 4 rings (SSSR count). The molecule has 5 nitrogen and oxygen atoms in total. The van der Waals surface area contributed by atoms with Crippen molar-refractivity contribution in [3.05, 3.63) is 40.4 Å². The number of fused-ring (bicyclic) bond motifs is 1. The van der Waals surface area contributed by atoms with E-state index in [1.807, 2.05) is 31.2 Å². The minimum absolute atomic E-state index is 0.0318. The van der Waals surface area contributed by atoms with E-state index in [0.29, 0.717) is 19.1 Å². The zero-order chi connectivity index (χ0) is 17.2. The summed E-state index contributed by atoms with van der Waals surface area (Å²) < 4.78 is 12.5. The van der Waals surface area contributed by atoms with Crippen LogP contribution in [0.2, 0.25) is 4.34 Å². The summed E-state index contributed by atoms with van der Waals surface area (Å²) in [6, 6.07) is 7.88. The number of pyridine rings is 2. The van der Waals surface area contributed by atoms with Gasteiger partial charge >= 0.3 is 0 Å². The Balaban J connectivity index is 1.68. The quantitative estimate of drug-likeness (QED) is 0.753. The topological polar surface area (TPSA) is 56.3 Å². The number of aromatic nitrogens is 2. The van der Waals surface area contributed by atoms with E-state index in [0.717, 1.165) is 44.5 Å². The molecule has 0 radical (unpaired) electrons. The minimum Gasteiger partial charge on any atom is -0.474 e. The average molecular weight is 376 g/mol. The number of rotatable bonds is 4. The maximum absolute atomic E-state index is 6.22. The van der Waals surface area contributed by atoms with Crippen LogP contribution in [0.1, 0.15) is 5.56 Å². The lowest BCUT2D eigenvalue weighted by Crippen LogP contribution is -2.41. The number of ether oxygens (including phenoxy) is 2. The van der Waals surface area contributed by atoms with Crippen LogP contribution in [0.15, 0.2) is 30.5 Å². The number of nitrogens with zero attached hydrogens (tertiary/aromatic N) is 2. The molecule has 1 aliphatic heterocycles. The molecule has 130 valence electrons. The maximum Gasteiger partial charge on any atom is 0.223 e. The van der Waals surface area contributed by atoms with Gasteiger partial charge in [-0.3, -0.25) is 4.98 Å². The van der Waals surface area contributed by atoms with E-state index in [1.165, 1.54) is 11.3 Å². The summed E-state index contributed by atoms with van der Waals surface area (Å²) in [4.78, 5) is 10.2. The average Bonchev–Trinajstić information content (AvgIpc) is 2.99. The normalized spacial score (nSPS) is 17.8. The lowest BCUT2D eigenvalue weighted by atomic mass is 10.2. The van der Waals surface area contributed by atoms with E-state index in [4.69, 9.17) is 26.1 Å². The standard InChI is InChI=1S/C18H18ClN3O2S/c1-11-7-16(25-17(11)19)15-8-14-13(3-2-4-21-14)18(22-15)24-10-12-9-20-5-6-23-12/h2-4,7-8,12,20H,5-6,9-10H2,1H3/t12-/m0/s1. The third kappa shape index (κ3) is 3.62. The summed E-state index contributed by atoms with van der Waals surface area (Å²) in [5.41, 5.74) is 2.73. The first-order valence-electron chi connectivity index (χ1n) is 8.18. The molecule has 1 aliphatic rings. The molecule has 1 atom stereocenters. The number of hydrogen-bond acceptors (Lipinski definition) is 6. The number of halogens is 1. The van der Waals surface area contributed by atoms with E-state index in [-0.39, 0.29) is 6.10 Å². The zero-order valence-electron chi connectivity index (χ0n) is 13.8. The van der Waals surface area contributed by atoms with Crippen molar-refractivity contribution in [2.45, 2.75) is 13.0 Å². The van der Waals surface area contributed by atoms with Gasteiger partial charge < -0.3 is 14.8 Å². The van der Waals surface area contributed by atoms with Gasteiger partial charge in [0.25, 0.3) is 0 Å². The van der Waals surface area contributed by atoms with Crippen LogP contribution >= 0.6 is 22.9 Å². The Morgan fingerprint density at radius 3 is 3.12 bits per heavy atom. The molecule has 25 heavy (non-hydrogen) atoms. The highest BCUT2D eigenvalue weighted by atomic mass is 35.5. The van der Waals surface area contributed by atoms with Gasteiger partial charge in [0, 0.05) is 19.3 Å². The molecule has 1 N–H and O–H groups in total. The van der Waals surface area contributed by atoms with Crippen molar-refractivity contribution >= 4 is 33.8 Å². The summed E-state index contributed by atoms with van der Waals surface area (Å²) in [6.07, 6.45) is 1.81. The van der Waals surface area contributed by atoms with Gasteiger partial charge in [0.15, 0.2) is 0 Å². The fraction of sp³-hybridized carbons (Fsp3) is 0.333. The largest absolute Gasteiger partial charge is 0.474 e. The van der Waals surface area contributed by atoms with Crippen molar-refractivity contribution < 1.29 is 9.47 Å². The first-order valence-corrected chi connectivity index (χ1v) is 9.37. The molecular formula is C18H18ClN3O2S. The van der Waals surface area contributed by atoms with E-state index in [2.05, 4.69) is 10.3 Å². The first-order chi connectivity index (χ1) is 12.2. The molecular weight excluding hydrogens is 358 g/mol. The highest BCUT2D eigenvalue weighted by Gasteiger charge is 2.17. The Morgan fingerprint density at radius 1 is 1.44 bits per heavy atom.